The molecule has 0 fully saturated rings. The van der Waals surface area contributed by atoms with Crippen LogP contribution in [0.5, 0.6) is 0 Å². The molecule has 12 heteroatoms. The molecular formula is C23H30N4O6S2. The molecule has 10 nitrogen and oxygen atoms in total. The van der Waals surface area contributed by atoms with E-state index in [2.05, 4.69) is 21.0 Å². The Morgan fingerprint density at radius 2 is 1.77 bits per heavy atom. The number of hydrogen-bond donors (Lipinski definition) is 2. The van der Waals surface area contributed by atoms with Gasteiger partial charge in [0, 0.05) is 11.9 Å². The quantitative estimate of drug-likeness (QED) is 0.557. The maximum atomic E-state index is 13.4. The van der Waals surface area contributed by atoms with E-state index in [4.69, 9.17) is 4.74 Å². The first-order valence-corrected chi connectivity index (χ1v) is 13.8. The van der Waals surface area contributed by atoms with Crippen molar-refractivity contribution in [3.05, 3.63) is 38.8 Å². The minimum atomic E-state index is -4.41. The summed E-state index contributed by atoms with van der Waals surface area (Å²) in [4.78, 5) is 26.3. The maximum absolute atomic E-state index is 13.4. The van der Waals surface area contributed by atoms with Gasteiger partial charge < -0.3 is 15.2 Å². The summed E-state index contributed by atoms with van der Waals surface area (Å²) in [6.07, 6.45) is 4.71. The number of amides is 3. The van der Waals surface area contributed by atoms with Crippen LogP contribution in [-0.2, 0) is 40.4 Å². The summed E-state index contributed by atoms with van der Waals surface area (Å²) in [7, 11) is -4.41. The summed E-state index contributed by atoms with van der Waals surface area (Å²) in [5.41, 5.74) is 3.23. The first-order valence-electron chi connectivity index (χ1n) is 11.4. The molecule has 2 N–H and O–H groups in total. The number of fused-ring (bicyclic) bond motifs is 2. The molecule has 2 aliphatic carbocycles. The molecular weight excluding hydrogens is 492 g/mol. The van der Waals surface area contributed by atoms with Crippen LogP contribution in [0, 0.1) is 0 Å². The average Bonchev–Trinajstić information content (AvgIpc) is 3.35. The van der Waals surface area contributed by atoms with Gasteiger partial charge in [0.1, 0.15) is 15.2 Å². The SMILES string of the molecule is CC(C)(C)OC(=O)N=NS(=O)(=O)C1=CN(C(=O)Nc2c3c(cc4c2CC4)CCC3)[C@@H](C(C)(C)O)S1. The molecule has 35 heavy (non-hydrogen) atoms. The third kappa shape index (κ3) is 5.39. The minimum Gasteiger partial charge on any atom is -0.441 e. The number of sulfonamides is 1. The van der Waals surface area contributed by atoms with Crippen LogP contribution in [0.25, 0.3) is 0 Å². The number of nitrogens with zero attached hydrogens (tertiary/aromatic N) is 3. The molecule has 3 aliphatic rings. The summed E-state index contributed by atoms with van der Waals surface area (Å²) in [6, 6.07) is 1.68. The lowest BCUT2D eigenvalue weighted by atomic mass is 9.83. The van der Waals surface area contributed by atoms with E-state index in [1.807, 2.05) is 0 Å². The highest BCUT2D eigenvalue weighted by Gasteiger charge is 2.44. The predicted molar refractivity (Wildman–Crippen MR) is 133 cm³/mol. The first kappa shape index (κ1) is 25.6. The topological polar surface area (TPSA) is 138 Å². The van der Waals surface area contributed by atoms with Gasteiger partial charge in [-0.15, -0.1) is 0 Å². The van der Waals surface area contributed by atoms with Gasteiger partial charge in [-0.1, -0.05) is 22.9 Å². The second-order valence-electron chi connectivity index (χ2n) is 10.4. The second kappa shape index (κ2) is 8.90. The molecule has 1 heterocycles. The number of benzene rings is 1. The van der Waals surface area contributed by atoms with E-state index in [0.29, 0.717) is 0 Å². The lowest BCUT2D eigenvalue weighted by Crippen LogP contribution is -2.47. The number of thioether (sulfide) groups is 1. The van der Waals surface area contributed by atoms with Crippen molar-refractivity contribution in [2.24, 2.45) is 9.63 Å². The molecule has 0 saturated carbocycles. The van der Waals surface area contributed by atoms with E-state index < -0.39 is 38.7 Å². The Morgan fingerprint density at radius 1 is 1.11 bits per heavy atom. The Bertz CT molecular complexity index is 1240. The van der Waals surface area contributed by atoms with Gasteiger partial charge in [0.15, 0.2) is 0 Å². The van der Waals surface area contributed by atoms with E-state index in [1.165, 1.54) is 29.9 Å². The molecule has 0 saturated heterocycles. The van der Waals surface area contributed by atoms with Gasteiger partial charge in [-0.25, -0.2) is 9.59 Å². The molecule has 1 aliphatic heterocycles. The fraction of sp³-hybridized carbons (Fsp3) is 0.565. The Morgan fingerprint density at radius 3 is 2.37 bits per heavy atom. The molecule has 4 rings (SSSR count). The molecule has 0 radical (unpaired) electrons. The van der Waals surface area contributed by atoms with Gasteiger partial charge >= 0.3 is 22.1 Å². The van der Waals surface area contributed by atoms with Gasteiger partial charge in [-0.3, -0.25) is 4.90 Å². The summed E-state index contributed by atoms with van der Waals surface area (Å²) in [5, 5.41) is 15.9. The van der Waals surface area contributed by atoms with Crippen molar-refractivity contribution in [1.82, 2.24) is 4.90 Å². The lowest BCUT2D eigenvalue weighted by Gasteiger charge is -2.33. The highest BCUT2D eigenvalue weighted by Crippen LogP contribution is 2.44. The third-order valence-corrected chi connectivity index (χ3v) is 9.11. The molecule has 0 spiro atoms. The van der Waals surface area contributed by atoms with Gasteiger partial charge in [0.25, 0.3) is 0 Å². The predicted octanol–water partition coefficient (Wildman–Crippen LogP) is 4.47. The van der Waals surface area contributed by atoms with E-state index in [9.17, 15) is 23.1 Å². The largest absolute Gasteiger partial charge is 0.453 e. The number of hydrogen-bond acceptors (Lipinski definition) is 7. The maximum Gasteiger partial charge on any atom is 0.453 e. The van der Waals surface area contributed by atoms with Crippen LogP contribution in [0.2, 0.25) is 0 Å². The molecule has 1 atom stereocenters. The standard InChI is InChI=1S/C23H30N4O6S2/c1-22(2,3)33-21(29)25-26-35(31,32)17-12-27(19(34-17)23(4,5)30)20(28)24-18-15-8-6-7-13(15)11-14-9-10-16(14)18/h11-12,19,30H,6-10H2,1-5H3,(H,24,28)/t19-/m1/s1. The zero-order valence-corrected chi connectivity index (χ0v) is 22.0. The normalized spacial score (nSPS) is 19.8. The molecule has 1 aromatic rings. The number of carbonyl (C=O) groups is 2. The monoisotopic (exact) mass is 522 g/mol. The van der Waals surface area contributed by atoms with E-state index in [1.54, 1.807) is 20.8 Å². The summed E-state index contributed by atoms with van der Waals surface area (Å²) in [6.45, 7) is 7.82. The smallest absolute Gasteiger partial charge is 0.441 e. The van der Waals surface area contributed by atoms with Crippen molar-refractivity contribution in [1.29, 1.82) is 0 Å². The fourth-order valence-electron chi connectivity index (χ4n) is 4.33. The number of urea groups is 1. The van der Waals surface area contributed by atoms with Crippen LogP contribution < -0.4 is 5.32 Å². The van der Waals surface area contributed by atoms with Gasteiger partial charge in [-0.2, -0.15) is 8.42 Å². The number of aryl methyl sites for hydroxylation is 2. The van der Waals surface area contributed by atoms with Crippen molar-refractivity contribution in [2.75, 3.05) is 5.32 Å². The highest BCUT2D eigenvalue weighted by atomic mass is 32.3. The second-order valence-corrected chi connectivity index (χ2v) is 13.4. The molecule has 190 valence electrons. The number of ether oxygens (including phenoxy) is 1. The first-order chi connectivity index (χ1) is 16.2. The van der Waals surface area contributed by atoms with Crippen molar-refractivity contribution >= 4 is 39.6 Å². The molecule has 0 aromatic heterocycles. The lowest BCUT2D eigenvalue weighted by molar-refractivity contribution is 0.0469. The van der Waals surface area contributed by atoms with Crippen molar-refractivity contribution in [2.45, 2.75) is 83.3 Å². The summed E-state index contributed by atoms with van der Waals surface area (Å²) in [5.74, 6) is 0. The van der Waals surface area contributed by atoms with Crippen molar-refractivity contribution in [3.8, 4) is 0 Å². The Labute approximate surface area is 209 Å². The molecule has 0 bridgehead atoms. The minimum absolute atomic E-state index is 0.307. The number of aliphatic hydroxyl groups is 1. The number of nitrogens with one attached hydrogen (secondary N) is 1. The summed E-state index contributed by atoms with van der Waals surface area (Å²) < 4.78 is 33.4. The third-order valence-electron chi connectivity index (χ3n) is 5.92. The van der Waals surface area contributed by atoms with Crippen molar-refractivity contribution in [3.63, 3.8) is 0 Å². The van der Waals surface area contributed by atoms with Gasteiger partial charge in [-0.05, 0) is 93.5 Å². The highest BCUT2D eigenvalue weighted by molar-refractivity contribution is 8.18. The fourth-order valence-corrected chi connectivity index (χ4v) is 6.65. The number of rotatable bonds is 4. The van der Waals surface area contributed by atoms with E-state index >= 15 is 0 Å². The zero-order chi connectivity index (χ0) is 25.8. The Hall–Kier alpha value is -2.44. The van der Waals surface area contributed by atoms with E-state index in [0.717, 1.165) is 66.9 Å². The van der Waals surface area contributed by atoms with Gasteiger partial charge in [0.05, 0.1) is 5.60 Å². The van der Waals surface area contributed by atoms with Crippen LogP contribution >= 0.6 is 11.8 Å². The Kier molecular flexibility index (Phi) is 6.52. The molecule has 1 aromatic carbocycles. The van der Waals surface area contributed by atoms with Crippen LogP contribution in [0.1, 0.15) is 63.3 Å². The van der Waals surface area contributed by atoms with Crippen LogP contribution in [0.3, 0.4) is 0 Å². The van der Waals surface area contributed by atoms with Crippen LogP contribution in [0.15, 0.2) is 26.1 Å². The number of anilines is 1. The van der Waals surface area contributed by atoms with Crippen LogP contribution in [-0.4, -0.2) is 47.1 Å². The molecule has 0 unspecified atom stereocenters. The summed E-state index contributed by atoms with van der Waals surface area (Å²) >= 11 is 0.766. The Balaban J connectivity index is 1.60. The van der Waals surface area contributed by atoms with E-state index in [-0.39, 0.29) is 4.24 Å². The zero-order valence-electron chi connectivity index (χ0n) is 20.4. The molecule has 3 amide bonds. The van der Waals surface area contributed by atoms with Crippen LogP contribution in [0.4, 0.5) is 15.3 Å². The average molecular weight is 523 g/mol. The number of carbonyl (C=O) groups excluding carboxylic acids is 2. The van der Waals surface area contributed by atoms with Crippen molar-refractivity contribution < 1.29 is 27.9 Å². The van der Waals surface area contributed by atoms with Gasteiger partial charge in [0.2, 0.25) is 0 Å².